The number of hydrogen-bond acceptors (Lipinski definition) is 5. The minimum atomic E-state index is -0.900. The van der Waals surface area contributed by atoms with Crippen LogP contribution in [0.1, 0.15) is 21.5 Å². The third kappa shape index (κ3) is 2.17. The van der Waals surface area contributed by atoms with E-state index in [0.29, 0.717) is 18.5 Å². The highest BCUT2D eigenvalue weighted by molar-refractivity contribution is 5.90. The van der Waals surface area contributed by atoms with Crippen molar-refractivity contribution in [2.45, 2.75) is 13.0 Å². The minimum absolute atomic E-state index is 0.355. The summed E-state index contributed by atoms with van der Waals surface area (Å²) in [5.74, 6) is 0.796. The zero-order valence-electron chi connectivity index (χ0n) is 13.1. The van der Waals surface area contributed by atoms with Crippen molar-refractivity contribution in [2.24, 2.45) is 0 Å². The highest BCUT2D eigenvalue weighted by Crippen LogP contribution is 2.33. The zero-order chi connectivity index (χ0) is 16.7. The van der Waals surface area contributed by atoms with Crippen molar-refractivity contribution in [3.8, 4) is 5.75 Å². The van der Waals surface area contributed by atoms with E-state index in [9.17, 15) is 9.90 Å². The molecule has 0 saturated heterocycles. The molecule has 0 amide bonds. The largest absolute Gasteiger partial charge is 0.496 e. The second-order valence-corrected chi connectivity index (χ2v) is 5.69. The van der Waals surface area contributed by atoms with Crippen molar-refractivity contribution in [1.82, 2.24) is 14.6 Å². The molecule has 0 spiro atoms. The molecule has 7 heteroatoms. The Labute approximate surface area is 138 Å². The van der Waals surface area contributed by atoms with E-state index in [-0.39, 0.29) is 0 Å². The predicted octanol–water partition coefficient (Wildman–Crippen LogP) is 2.00. The smallest absolute Gasteiger partial charge is 0.335 e. The van der Waals surface area contributed by atoms with Crippen LogP contribution < -0.4 is 9.64 Å². The fourth-order valence-electron chi connectivity index (χ4n) is 3.33. The van der Waals surface area contributed by atoms with Crippen LogP contribution in [0.3, 0.4) is 0 Å². The van der Waals surface area contributed by atoms with Crippen LogP contribution in [0, 0.1) is 0 Å². The number of aromatic nitrogens is 3. The first kappa shape index (κ1) is 14.5. The monoisotopic (exact) mass is 324 g/mol. The molecule has 1 aliphatic rings. The number of carbonyl (C=O) groups is 1. The highest BCUT2D eigenvalue weighted by Gasteiger charge is 2.25. The van der Waals surface area contributed by atoms with Gasteiger partial charge in [-0.3, -0.25) is 4.40 Å². The van der Waals surface area contributed by atoms with Gasteiger partial charge in [0.15, 0.2) is 5.65 Å². The maximum atomic E-state index is 11.5. The number of anilines is 1. The van der Waals surface area contributed by atoms with Crippen molar-refractivity contribution in [3.05, 3.63) is 53.3 Å². The summed E-state index contributed by atoms with van der Waals surface area (Å²) in [5, 5.41) is 17.5. The minimum Gasteiger partial charge on any atom is -0.496 e. The van der Waals surface area contributed by atoms with E-state index in [1.807, 2.05) is 22.6 Å². The standard InChI is InChI=1S/C17H16N4O3/c1-24-14-6-5-12(17(22)23)11-7-8-20(9-13(11)14)16-4-2-3-15-19-18-10-21(15)16/h2-6,10H,7-9H2,1H3,(H,22,23). The number of carboxylic acids is 1. The Bertz CT molecular complexity index is 935. The van der Waals surface area contributed by atoms with Crippen LogP contribution >= 0.6 is 0 Å². The molecule has 4 rings (SSSR count). The lowest BCUT2D eigenvalue weighted by Crippen LogP contribution is -2.33. The summed E-state index contributed by atoms with van der Waals surface area (Å²) in [6.45, 7) is 1.30. The van der Waals surface area contributed by atoms with E-state index in [2.05, 4.69) is 15.1 Å². The van der Waals surface area contributed by atoms with Crippen LogP contribution in [0.5, 0.6) is 5.75 Å². The average Bonchev–Trinajstić information content (AvgIpc) is 3.08. The second kappa shape index (κ2) is 5.52. The normalized spacial score (nSPS) is 13.8. The molecule has 122 valence electrons. The molecular weight excluding hydrogens is 308 g/mol. The molecule has 0 aliphatic carbocycles. The summed E-state index contributed by atoms with van der Waals surface area (Å²) >= 11 is 0. The van der Waals surface area contributed by atoms with Crippen LogP contribution in [0.15, 0.2) is 36.7 Å². The van der Waals surface area contributed by atoms with Crippen molar-refractivity contribution in [2.75, 3.05) is 18.6 Å². The molecule has 0 bridgehead atoms. The number of pyridine rings is 1. The van der Waals surface area contributed by atoms with Gasteiger partial charge in [0.25, 0.3) is 0 Å². The Balaban J connectivity index is 1.80. The van der Waals surface area contributed by atoms with E-state index >= 15 is 0 Å². The van der Waals surface area contributed by atoms with E-state index in [0.717, 1.165) is 34.9 Å². The van der Waals surface area contributed by atoms with Crippen molar-refractivity contribution in [3.63, 3.8) is 0 Å². The van der Waals surface area contributed by atoms with E-state index in [4.69, 9.17) is 4.74 Å². The number of fused-ring (bicyclic) bond motifs is 2. The van der Waals surface area contributed by atoms with Gasteiger partial charge in [0.1, 0.15) is 17.9 Å². The first-order valence-corrected chi connectivity index (χ1v) is 7.65. The number of nitrogens with zero attached hydrogens (tertiary/aromatic N) is 4. The summed E-state index contributed by atoms with van der Waals surface area (Å²) in [7, 11) is 1.61. The number of carboxylic acid groups (broad SMARTS) is 1. The van der Waals surface area contributed by atoms with Gasteiger partial charge >= 0.3 is 5.97 Å². The third-order valence-electron chi connectivity index (χ3n) is 4.45. The number of methoxy groups -OCH3 is 1. The van der Waals surface area contributed by atoms with Crippen molar-refractivity contribution >= 4 is 17.4 Å². The first-order chi connectivity index (χ1) is 11.7. The molecule has 24 heavy (non-hydrogen) atoms. The predicted molar refractivity (Wildman–Crippen MR) is 87.7 cm³/mol. The zero-order valence-corrected chi connectivity index (χ0v) is 13.1. The van der Waals surface area contributed by atoms with Crippen LogP contribution in [-0.2, 0) is 13.0 Å². The third-order valence-corrected chi connectivity index (χ3v) is 4.45. The van der Waals surface area contributed by atoms with Gasteiger partial charge in [-0.05, 0) is 36.2 Å². The summed E-state index contributed by atoms with van der Waals surface area (Å²) in [5.41, 5.74) is 2.92. The van der Waals surface area contributed by atoms with Crippen LogP contribution in [0.2, 0.25) is 0 Å². The number of hydrogen-bond donors (Lipinski definition) is 1. The summed E-state index contributed by atoms with van der Waals surface area (Å²) < 4.78 is 7.38. The molecule has 3 heterocycles. The molecule has 3 aromatic rings. The fourth-order valence-corrected chi connectivity index (χ4v) is 3.33. The molecule has 0 fully saturated rings. The average molecular weight is 324 g/mol. The molecule has 0 unspecified atom stereocenters. The lowest BCUT2D eigenvalue weighted by Gasteiger charge is -2.32. The van der Waals surface area contributed by atoms with Crippen LogP contribution in [0.4, 0.5) is 5.82 Å². The Kier molecular flexibility index (Phi) is 3.34. The van der Waals surface area contributed by atoms with Gasteiger partial charge in [-0.2, -0.15) is 0 Å². The maximum absolute atomic E-state index is 11.5. The molecular formula is C17H16N4O3. The Morgan fingerprint density at radius 2 is 2.12 bits per heavy atom. The van der Waals surface area contributed by atoms with Crippen molar-refractivity contribution in [1.29, 1.82) is 0 Å². The molecule has 7 nitrogen and oxygen atoms in total. The second-order valence-electron chi connectivity index (χ2n) is 5.69. The number of ether oxygens (including phenoxy) is 1. The Morgan fingerprint density at radius 3 is 2.92 bits per heavy atom. The first-order valence-electron chi connectivity index (χ1n) is 7.65. The van der Waals surface area contributed by atoms with Crippen LogP contribution in [0.25, 0.3) is 5.65 Å². The molecule has 2 aromatic heterocycles. The number of benzene rings is 1. The van der Waals surface area contributed by atoms with Gasteiger partial charge in [0, 0.05) is 18.7 Å². The number of aromatic carboxylic acids is 1. The lowest BCUT2D eigenvalue weighted by atomic mass is 9.93. The van der Waals surface area contributed by atoms with Gasteiger partial charge in [-0.25, -0.2) is 4.79 Å². The summed E-state index contributed by atoms with van der Waals surface area (Å²) in [6.07, 6.45) is 2.33. The van der Waals surface area contributed by atoms with E-state index < -0.39 is 5.97 Å². The van der Waals surface area contributed by atoms with E-state index in [1.165, 1.54) is 0 Å². The topological polar surface area (TPSA) is 80.0 Å². The van der Waals surface area contributed by atoms with Gasteiger partial charge < -0.3 is 14.7 Å². The Morgan fingerprint density at radius 1 is 1.25 bits per heavy atom. The molecule has 1 N–H and O–H groups in total. The molecule has 0 radical (unpaired) electrons. The van der Waals surface area contributed by atoms with Crippen LogP contribution in [-0.4, -0.2) is 39.3 Å². The molecule has 0 atom stereocenters. The lowest BCUT2D eigenvalue weighted by molar-refractivity contribution is 0.0695. The fraction of sp³-hybridized carbons (Fsp3) is 0.235. The van der Waals surface area contributed by atoms with E-state index in [1.54, 1.807) is 25.6 Å². The number of rotatable bonds is 3. The quantitative estimate of drug-likeness (QED) is 0.794. The Hall–Kier alpha value is -3.09. The highest BCUT2D eigenvalue weighted by atomic mass is 16.5. The molecule has 1 aromatic carbocycles. The molecule has 0 saturated carbocycles. The summed E-state index contributed by atoms with van der Waals surface area (Å²) in [4.78, 5) is 13.7. The van der Waals surface area contributed by atoms with Gasteiger partial charge in [-0.1, -0.05) is 6.07 Å². The SMILES string of the molecule is COc1ccc(C(=O)O)c2c1CN(c1cccc3nncn13)CC2. The molecule has 1 aliphatic heterocycles. The summed E-state index contributed by atoms with van der Waals surface area (Å²) in [6, 6.07) is 9.20. The van der Waals surface area contributed by atoms with Gasteiger partial charge in [-0.15, -0.1) is 10.2 Å². The maximum Gasteiger partial charge on any atom is 0.335 e. The van der Waals surface area contributed by atoms with Crippen molar-refractivity contribution < 1.29 is 14.6 Å². The van der Waals surface area contributed by atoms with Gasteiger partial charge in [0.05, 0.1) is 12.7 Å². The van der Waals surface area contributed by atoms with Gasteiger partial charge in [0.2, 0.25) is 0 Å².